The Morgan fingerprint density at radius 3 is 2.62 bits per heavy atom. The van der Waals surface area contributed by atoms with E-state index in [1.807, 2.05) is 0 Å². The summed E-state index contributed by atoms with van der Waals surface area (Å²) in [6, 6.07) is 15.7. The summed E-state index contributed by atoms with van der Waals surface area (Å²) < 4.78 is 62.7. The maximum atomic E-state index is 15.0. The molecule has 0 radical (unpaired) electrons. The molecule has 200 valence electrons. The molecule has 1 saturated heterocycles. The lowest BCUT2D eigenvalue weighted by atomic mass is 10.2. The van der Waals surface area contributed by atoms with Crippen molar-refractivity contribution in [1.29, 1.82) is 0 Å². The molecule has 2 aromatic heterocycles. The van der Waals surface area contributed by atoms with E-state index < -0.39 is 38.8 Å². The summed E-state index contributed by atoms with van der Waals surface area (Å²) in [5, 5.41) is 6.77. The van der Waals surface area contributed by atoms with E-state index in [9.17, 15) is 12.8 Å². The number of pyridine rings is 1. The molecule has 2 aromatic carbocycles. The predicted octanol–water partition coefficient (Wildman–Crippen LogP) is 4.32. The number of halogens is 2. The first-order valence-electron chi connectivity index (χ1n) is 12.3. The molecule has 0 unspecified atom stereocenters. The quantitative estimate of drug-likeness (QED) is 0.282. The van der Waals surface area contributed by atoms with Gasteiger partial charge < -0.3 is 15.4 Å². The van der Waals surface area contributed by atoms with Crippen LogP contribution < -0.4 is 20.1 Å². The topological polar surface area (TPSA) is 118 Å². The minimum atomic E-state index is -3.99. The number of rotatable bonds is 9. The van der Waals surface area contributed by atoms with E-state index in [0.717, 1.165) is 31.6 Å². The Bertz CT molecular complexity index is 1640. The SMILES string of the molecule is O=S(=O)(Cc1ccccc1)Nc1ccc(Oc2ncccc2-c2ccnc(N[C@]34CNC[C@H]3C4)n2)c(F)c1F. The molecule has 0 amide bonds. The normalized spacial score (nSPS) is 19.8. The molecule has 3 N–H and O–H groups in total. The summed E-state index contributed by atoms with van der Waals surface area (Å²) in [6.07, 6.45) is 4.12. The molecule has 0 bridgehead atoms. The van der Waals surface area contributed by atoms with Gasteiger partial charge in [0, 0.05) is 25.5 Å². The van der Waals surface area contributed by atoms with Crippen molar-refractivity contribution in [3.8, 4) is 22.9 Å². The summed E-state index contributed by atoms with van der Waals surface area (Å²) in [5.41, 5.74) is 0.889. The van der Waals surface area contributed by atoms with Crippen molar-refractivity contribution in [3.63, 3.8) is 0 Å². The van der Waals surface area contributed by atoms with Gasteiger partial charge in [-0.1, -0.05) is 30.3 Å². The molecule has 2 atom stereocenters. The lowest BCUT2D eigenvalue weighted by Gasteiger charge is -2.15. The van der Waals surface area contributed by atoms with E-state index in [1.54, 1.807) is 54.7 Å². The third kappa shape index (κ3) is 5.25. The third-order valence-corrected chi connectivity index (χ3v) is 8.09. The highest BCUT2D eigenvalue weighted by atomic mass is 32.2. The number of hydrogen-bond donors (Lipinski definition) is 3. The lowest BCUT2D eigenvalue weighted by Crippen LogP contribution is -2.30. The molecular formula is C27H24F2N6O3S. The zero-order chi connectivity index (χ0) is 27.0. The maximum absolute atomic E-state index is 15.0. The van der Waals surface area contributed by atoms with E-state index in [-0.39, 0.29) is 11.4 Å². The van der Waals surface area contributed by atoms with Gasteiger partial charge in [-0.15, -0.1) is 0 Å². The molecule has 12 heteroatoms. The van der Waals surface area contributed by atoms with Crippen LogP contribution in [0.2, 0.25) is 0 Å². The zero-order valence-electron chi connectivity index (χ0n) is 20.6. The van der Waals surface area contributed by atoms with E-state index in [2.05, 4.69) is 30.3 Å². The fourth-order valence-electron chi connectivity index (χ4n) is 4.78. The molecule has 3 heterocycles. The summed E-state index contributed by atoms with van der Waals surface area (Å²) in [4.78, 5) is 13.1. The first kappa shape index (κ1) is 25.1. The lowest BCUT2D eigenvalue weighted by molar-refractivity contribution is 0.407. The van der Waals surface area contributed by atoms with Crippen LogP contribution in [0.1, 0.15) is 12.0 Å². The summed E-state index contributed by atoms with van der Waals surface area (Å²) in [6.45, 7) is 1.80. The number of hydrogen-bond acceptors (Lipinski definition) is 8. The largest absolute Gasteiger partial charge is 0.435 e. The predicted molar refractivity (Wildman–Crippen MR) is 142 cm³/mol. The van der Waals surface area contributed by atoms with Crippen LogP contribution in [0.5, 0.6) is 11.6 Å². The average Bonchev–Trinajstić information content (AvgIpc) is 3.46. The Morgan fingerprint density at radius 2 is 1.85 bits per heavy atom. The van der Waals surface area contributed by atoms with Gasteiger partial charge in [0.05, 0.1) is 28.2 Å². The fourth-order valence-corrected chi connectivity index (χ4v) is 5.98. The second-order valence-corrected chi connectivity index (χ2v) is 11.3. The van der Waals surface area contributed by atoms with Crippen LogP contribution in [0.3, 0.4) is 0 Å². The molecule has 6 rings (SSSR count). The molecule has 1 aliphatic heterocycles. The molecule has 4 aromatic rings. The number of anilines is 2. The van der Waals surface area contributed by atoms with Gasteiger partial charge in [-0.3, -0.25) is 4.72 Å². The smallest absolute Gasteiger partial charge is 0.237 e. The van der Waals surface area contributed by atoms with Gasteiger partial charge in [0.25, 0.3) is 0 Å². The monoisotopic (exact) mass is 550 g/mol. The van der Waals surface area contributed by atoms with Crippen molar-refractivity contribution in [3.05, 3.63) is 90.3 Å². The Kier molecular flexibility index (Phi) is 6.35. The second-order valence-electron chi connectivity index (χ2n) is 9.62. The van der Waals surface area contributed by atoms with Crippen molar-refractivity contribution in [2.24, 2.45) is 5.92 Å². The molecule has 9 nitrogen and oxygen atoms in total. The highest BCUT2D eigenvalue weighted by molar-refractivity contribution is 7.91. The van der Waals surface area contributed by atoms with Crippen LogP contribution in [0.25, 0.3) is 11.3 Å². The van der Waals surface area contributed by atoms with Gasteiger partial charge in [-0.05, 0) is 48.2 Å². The van der Waals surface area contributed by atoms with E-state index >= 15 is 4.39 Å². The summed E-state index contributed by atoms with van der Waals surface area (Å²) in [7, 11) is -3.99. The Labute approximate surface area is 223 Å². The standard InChI is InChI=1S/C27H24F2N6O3S/c28-23-21(35-39(36,37)15-17-5-2-1-3-6-17)8-9-22(24(23)29)38-25-19(7-4-11-31-25)20-10-12-32-26(33-20)34-27-13-18(27)14-30-16-27/h1-12,18,30,35H,13-16H2,(H,32,33,34)/t18-,27-/m1/s1. The van der Waals surface area contributed by atoms with Gasteiger partial charge in [-0.25, -0.2) is 27.8 Å². The van der Waals surface area contributed by atoms with Gasteiger partial charge in [0.15, 0.2) is 11.6 Å². The van der Waals surface area contributed by atoms with Gasteiger partial charge in [0.1, 0.15) is 0 Å². The van der Waals surface area contributed by atoms with Crippen LogP contribution in [-0.2, 0) is 15.8 Å². The minimum absolute atomic E-state index is 0.00264. The van der Waals surface area contributed by atoms with Gasteiger partial charge in [0.2, 0.25) is 27.7 Å². The van der Waals surface area contributed by atoms with Crippen molar-refractivity contribution in [2.45, 2.75) is 17.7 Å². The number of benzene rings is 2. The number of aromatic nitrogens is 3. The van der Waals surface area contributed by atoms with Crippen LogP contribution in [0, 0.1) is 17.6 Å². The van der Waals surface area contributed by atoms with Crippen LogP contribution in [0.15, 0.2) is 73.1 Å². The number of nitrogens with zero attached hydrogens (tertiary/aromatic N) is 3. The van der Waals surface area contributed by atoms with Crippen molar-refractivity contribution in [1.82, 2.24) is 20.3 Å². The molecule has 1 aliphatic carbocycles. The third-order valence-electron chi connectivity index (χ3n) is 6.85. The van der Waals surface area contributed by atoms with Gasteiger partial charge >= 0.3 is 0 Å². The number of piperidine rings is 1. The van der Waals surface area contributed by atoms with E-state index in [4.69, 9.17) is 4.74 Å². The number of fused-ring (bicyclic) bond motifs is 1. The molecular weight excluding hydrogens is 526 g/mol. The minimum Gasteiger partial charge on any atom is -0.435 e. The molecule has 0 spiro atoms. The molecule has 2 aliphatic rings. The zero-order valence-corrected chi connectivity index (χ0v) is 21.4. The maximum Gasteiger partial charge on any atom is 0.237 e. The summed E-state index contributed by atoms with van der Waals surface area (Å²) >= 11 is 0. The number of sulfonamides is 1. The van der Waals surface area contributed by atoms with Crippen LogP contribution in [-0.4, -0.2) is 42.0 Å². The van der Waals surface area contributed by atoms with E-state index in [0.29, 0.717) is 28.7 Å². The Hall–Kier alpha value is -4.16. The van der Waals surface area contributed by atoms with Crippen molar-refractivity contribution in [2.75, 3.05) is 23.1 Å². The highest BCUT2D eigenvalue weighted by Crippen LogP contribution is 2.48. The number of ether oxygens (including phenoxy) is 1. The first-order chi connectivity index (χ1) is 18.8. The Morgan fingerprint density at radius 1 is 1.00 bits per heavy atom. The summed E-state index contributed by atoms with van der Waals surface area (Å²) in [5.74, 6) is -2.59. The van der Waals surface area contributed by atoms with Gasteiger partial charge in [-0.2, -0.15) is 4.39 Å². The molecule has 39 heavy (non-hydrogen) atoms. The molecule has 1 saturated carbocycles. The second kappa shape index (κ2) is 9.86. The van der Waals surface area contributed by atoms with Crippen molar-refractivity contribution < 1.29 is 21.9 Å². The molecule has 2 fully saturated rings. The average molecular weight is 551 g/mol. The fraction of sp³-hybridized carbons (Fsp3) is 0.222. The Balaban J connectivity index is 1.22. The van der Waals surface area contributed by atoms with Crippen LogP contribution >= 0.6 is 0 Å². The van der Waals surface area contributed by atoms with E-state index in [1.165, 1.54) is 6.20 Å². The number of nitrogens with one attached hydrogen (secondary N) is 3. The highest BCUT2D eigenvalue weighted by Gasteiger charge is 2.57. The first-order valence-corrected chi connectivity index (χ1v) is 13.9. The van der Waals surface area contributed by atoms with Crippen molar-refractivity contribution >= 4 is 21.7 Å². The van der Waals surface area contributed by atoms with Crippen LogP contribution in [0.4, 0.5) is 20.4 Å².